The van der Waals surface area contributed by atoms with E-state index in [2.05, 4.69) is 6.07 Å². The molecule has 31 heavy (non-hydrogen) atoms. The van der Waals surface area contributed by atoms with Gasteiger partial charge in [-0.15, -0.1) is 0 Å². The standard InChI is InChI=1S/C23H13Cl2FN2O3/c24-17-8-5-12(9-18(17)25)21-15-7-6-13(10-20(15)31-22(28)16(21)11-27)30-23(29)14-3-1-2-4-19(14)26/h1-10,21H,28H2. The number of halogens is 3. The first-order valence-corrected chi connectivity index (χ1v) is 9.78. The van der Waals surface area contributed by atoms with Crippen LogP contribution in [-0.2, 0) is 0 Å². The molecule has 1 aliphatic rings. The summed E-state index contributed by atoms with van der Waals surface area (Å²) in [5.74, 6) is -1.74. The maximum Gasteiger partial charge on any atom is 0.346 e. The molecule has 3 aromatic carbocycles. The molecule has 0 spiro atoms. The number of carbonyl (C=O) groups is 1. The Morgan fingerprint density at radius 3 is 2.58 bits per heavy atom. The highest BCUT2D eigenvalue weighted by Gasteiger charge is 2.31. The van der Waals surface area contributed by atoms with E-state index in [0.29, 0.717) is 26.9 Å². The number of rotatable bonds is 3. The Labute approximate surface area is 187 Å². The van der Waals surface area contributed by atoms with Crippen molar-refractivity contribution in [3.63, 3.8) is 0 Å². The molecule has 0 amide bonds. The van der Waals surface area contributed by atoms with Gasteiger partial charge in [-0.1, -0.05) is 47.5 Å². The van der Waals surface area contributed by atoms with E-state index in [0.717, 1.165) is 0 Å². The summed E-state index contributed by atoms with van der Waals surface area (Å²) >= 11 is 12.2. The monoisotopic (exact) mass is 454 g/mol. The molecule has 1 unspecified atom stereocenters. The molecule has 4 rings (SSSR count). The third-order valence-electron chi connectivity index (χ3n) is 4.77. The molecule has 0 fully saturated rings. The van der Waals surface area contributed by atoms with Crippen LogP contribution in [0.3, 0.4) is 0 Å². The summed E-state index contributed by atoms with van der Waals surface area (Å²) in [7, 11) is 0. The fourth-order valence-electron chi connectivity index (χ4n) is 3.32. The molecule has 2 N–H and O–H groups in total. The average molecular weight is 455 g/mol. The normalized spacial score (nSPS) is 15.0. The Morgan fingerprint density at radius 2 is 1.87 bits per heavy atom. The quantitative estimate of drug-likeness (QED) is 0.412. The SMILES string of the molecule is N#CC1=C(N)Oc2cc(OC(=O)c3ccccc3F)ccc2C1c1ccc(Cl)c(Cl)c1. The van der Waals surface area contributed by atoms with E-state index in [-0.39, 0.29) is 22.8 Å². The molecule has 0 radical (unpaired) electrons. The summed E-state index contributed by atoms with van der Waals surface area (Å²) in [5, 5.41) is 10.3. The first kappa shape index (κ1) is 20.7. The highest BCUT2D eigenvalue weighted by atomic mass is 35.5. The lowest BCUT2D eigenvalue weighted by molar-refractivity contribution is 0.0729. The van der Waals surface area contributed by atoms with Gasteiger partial charge in [-0.05, 0) is 35.9 Å². The number of esters is 1. The Hall–Kier alpha value is -3.53. The minimum absolute atomic E-state index is 0.0800. The third kappa shape index (κ3) is 3.93. The van der Waals surface area contributed by atoms with E-state index < -0.39 is 17.7 Å². The van der Waals surface area contributed by atoms with Crippen LogP contribution >= 0.6 is 23.2 Å². The molecule has 8 heteroatoms. The lowest BCUT2D eigenvalue weighted by Crippen LogP contribution is -2.21. The number of nitriles is 1. The molecular formula is C23H13Cl2FN2O3. The smallest absolute Gasteiger partial charge is 0.346 e. The van der Waals surface area contributed by atoms with Crippen LogP contribution in [-0.4, -0.2) is 5.97 Å². The van der Waals surface area contributed by atoms with Crippen LogP contribution in [0.15, 0.2) is 72.1 Å². The van der Waals surface area contributed by atoms with Gasteiger partial charge in [0.25, 0.3) is 0 Å². The van der Waals surface area contributed by atoms with Crippen LogP contribution in [0.1, 0.15) is 27.4 Å². The van der Waals surface area contributed by atoms with Gasteiger partial charge in [0.1, 0.15) is 29.0 Å². The molecule has 0 aliphatic carbocycles. The minimum atomic E-state index is -0.851. The van der Waals surface area contributed by atoms with Gasteiger partial charge in [0.2, 0.25) is 5.88 Å². The molecule has 0 aromatic heterocycles. The third-order valence-corrected chi connectivity index (χ3v) is 5.51. The summed E-state index contributed by atoms with van der Waals surface area (Å²) in [6.07, 6.45) is 0. The van der Waals surface area contributed by atoms with E-state index in [4.69, 9.17) is 38.4 Å². The predicted molar refractivity (Wildman–Crippen MR) is 114 cm³/mol. The van der Waals surface area contributed by atoms with Crippen molar-refractivity contribution < 1.29 is 18.7 Å². The number of fused-ring (bicyclic) bond motifs is 1. The highest BCUT2D eigenvalue weighted by Crippen LogP contribution is 2.44. The molecule has 0 bridgehead atoms. The van der Waals surface area contributed by atoms with Gasteiger partial charge < -0.3 is 15.2 Å². The second kappa shape index (κ2) is 8.31. The van der Waals surface area contributed by atoms with Gasteiger partial charge >= 0.3 is 5.97 Å². The maximum atomic E-state index is 13.9. The van der Waals surface area contributed by atoms with Gasteiger partial charge in [0.15, 0.2) is 0 Å². The summed E-state index contributed by atoms with van der Waals surface area (Å²) in [4.78, 5) is 12.3. The number of nitrogens with two attached hydrogens (primary N) is 1. The Bertz CT molecular complexity index is 1280. The van der Waals surface area contributed by atoms with Gasteiger partial charge in [0, 0.05) is 11.6 Å². The summed E-state index contributed by atoms with van der Waals surface area (Å²) in [5.41, 5.74) is 7.31. The van der Waals surface area contributed by atoms with E-state index >= 15 is 0 Å². The summed E-state index contributed by atoms with van der Waals surface area (Å²) < 4.78 is 24.7. The fraction of sp³-hybridized carbons (Fsp3) is 0.0435. The topological polar surface area (TPSA) is 85.3 Å². The first-order chi connectivity index (χ1) is 14.9. The zero-order chi connectivity index (χ0) is 22.1. The fourth-order valence-corrected chi connectivity index (χ4v) is 3.63. The number of carbonyl (C=O) groups excluding carboxylic acids is 1. The lowest BCUT2D eigenvalue weighted by atomic mass is 9.83. The van der Waals surface area contributed by atoms with Crippen LogP contribution in [0.4, 0.5) is 4.39 Å². The van der Waals surface area contributed by atoms with Crippen LogP contribution < -0.4 is 15.2 Å². The Kier molecular flexibility index (Phi) is 5.55. The lowest BCUT2D eigenvalue weighted by Gasteiger charge is -2.27. The van der Waals surface area contributed by atoms with E-state index in [1.165, 1.54) is 36.4 Å². The summed E-state index contributed by atoms with van der Waals surface area (Å²) in [6, 6.07) is 17.2. The first-order valence-electron chi connectivity index (χ1n) is 9.02. The zero-order valence-electron chi connectivity index (χ0n) is 15.7. The molecule has 1 atom stereocenters. The summed E-state index contributed by atoms with van der Waals surface area (Å²) in [6.45, 7) is 0. The zero-order valence-corrected chi connectivity index (χ0v) is 17.2. The molecule has 3 aromatic rings. The van der Waals surface area contributed by atoms with E-state index in [1.54, 1.807) is 24.3 Å². The molecule has 1 aliphatic heterocycles. The van der Waals surface area contributed by atoms with Gasteiger partial charge in [-0.2, -0.15) is 5.26 Å². The van der Waals surface area contributed by atoms with Gasteiger partial charge in [0.05, 0.1) is 21.5 Å². The second-order valence-corrected chi connectivity index (χ2v) is 7.48. The van der Waals surface area contributed by atoms with Gasteiger partial charge in [-0.3, -0.25) is 0 Å². The van der Waals surface area contributed by atoms with Crippen molar-refractivity contribution in [2.24, 2.45) is 5.73 Å². The van der Waals surface area contributed by atoms with Crippen molar-refractivity contribution in [2.75, 3.05) is 0 Å². The number of benzene rings is 3. The van der Waals surface area contributed by atoms with E-state index in [1.807, 2.05) is 0 Å². The minimum Gasteiger partial charge on any atom is -0.440 e. The molecule has 1 heterocycles. The Morgan fingerprint density at radius 1 is 1.10 bits per heavy atom. The van der Waals surface area contributed by atoms with Crippen molar-refractivity contribution in [3.05, 3.63) is 105 Å². The van der Waals surface area contributed by atoms with Crippen molar-refractivity contribution in [1.29, 1.82) is 5.26 Å². The predicted octanol–water partition coefficient (Wildman–Crippen LogP) is 5.57. The van der Waals surface area contributed by atoms with Gasteiger partial charge in [-0.25, -0.2) is 9.18 Å². The molecule has 0 saturated heterocycles. The molecular weight excluding hydrogens is 442 g/mol. The van der Waals surface area contributed by atoms with E-state index in [9.17, 15) is 14.4 Å². The van der Waals surface area contributed by atoms with Crippen LogP contribution in [0.5, 0.6) is 11.5 Å². The second-order valence-electron chi connectivity index (χ2n) is 6.67. The highest BCUT2D eigenvalue weighted by molar-refractivity contribution is 6.42. The van der Waals surface area contributed by atoms with Crippen LogP contribution in [0.25, 0.3) is 0 Å². The van der Waals surface area contributed by atoms with Crippen LogP contribution in [0.2, 0.25) is 10.0 Å². The van der Waals surface area contributed by atoms with Crippen LogP contribution in [0, 0.1) is 17.1 Å². The number of nitrogens with zero attached hydrogens (tertiary/aromatic N) is 1. The molecule has 154 valence electrons. The Balaban J connectivity index is 1.72. The van der Waals surface area contributed by atoms with Crippen molar-refractivity contribution >= 4 is 29.2 Å². The molecule has 5 nitrogen and oxygen atoms in total. The average Bonchev–Trinajstić information content (AvgIpc) is 2.75. The number of allylic oxidation sites excluding steroid dienone is 1. The maximum absolute atomic E-state index is 13.9. The van der Waals surface area contributed by atoms with Crippen molar-refractivity contribution in [1.82, 2.24) is 0 Å². The number of ether oxygens (including phenoxy) is 2. The largest absolute Gasteiger partial charge is 0.440 e. The van der Waals surface area contributed by atoms with Crippen molar-refractivity contribution in [2.45, 2.75) is 5.92 Å². The molecule has 0 saturated carbocycles. The number of hydrogen-bond acceptors (Lipinski definition) is 5. The number of hydrogen-bond donors (Lipinski definition) is 1. The van der Waals surface area contributed by atoms with Crippen molar-refractivity contribution in [3.8, 4) is 17.6 Å².